The van der Waals surface area contributed by atoms with Crippen molar-refractivity contribution in [3.63, 3.8) is 0 Å². The summed E-state index contributed by atoms with van der Waals surface area (Å²) >= 11 is 9.15. The number of rotatable bonds is 4. The van der Waals surface area contributed by atoms with E-state index in [1.165, 1.54) is 6.07 Å². The summed E-state index contributed by atoms with van der Waals surface area (Å²) in [6, 6.07) is 4.61. The lowest BCUT2D eigenvalue weighted by Crippen LogP contribution is -2.30. The molecule has 1 aromatic rings. The molecule has 0 radical (unpaired) electrons. The molecule has 0 amide bonds. The SMILES string of the molecule is CC(C)(C)OC(=O)C(OS(C)(=O)=O)c1cc(Cl)cc(Br)c1. The molecule has 5 nitrogen and oxygen atoms in total. The van der Waals surface area contributed by atoms with Gasteiger partial charge < -0.3 is 4.74 Å². The fraction of sp³-hybridized carbons (Fsp3) is 0.462. The molecule has 0 heterocycles. The molecule has 1 aromatic carbocycles. The van der Waals surface area contributed by atoms with Gasteiger partial charge in [0.05, 0.1) is 6.26 Å². The minimum atomic E-state index is -3.86. The van der Waals surface area contributed by atoms with Crippen molar-refractivity contribution in [3.05, 3.63) is 33.3 Å². The Labute approximate surface area is 137 Å². The number of esters is 1. The van der Waals surface area contributed by atoms with E-state index in [1.54, 1.807) is 32.9 Å². The zero-order valence-corrected chi connectivity index (χ0v) is 15.2. The minimum Gasteiger partial charge on any atom is -0.458 e. The van der Waals surface area contributed by atoms with Crippen LogP contribution in [0.2, 0.25) is 5.02 Å². The van der Waals surface area contributed by atoms with E-state index in [0.717, 1.165) is 6.26 Å². The zero-order valence-electron chi connectivity index (χ0n) is 12.0. The first-order valence-electron chi connectivity index (χ1n) is 5.94. The van der Waals surface area contributed by atoms with Gasteiger partial charge >= 0.3 is 5.97 Å². The average molecular weight is 400 g/mol. The predicted molar refractivity (Wildman–Crippen MR) is 83.7 cm³/mol. The van der Waals surface area contributed by atoms with Crippen molar-refractivity contribution >= 4 is 43.6 Å². The third kappa shape index (κ3) is 6.78. The standard InChI is InChI=1S/C13H16BrClO5S/c1-13(2,3)19-12(16)11(20-21(4,17)18)8-5-9(14)7-10(15)6-8/h5-7,11H,1-4H3. The third-order valence-electron chi connectivity index (χ3n) is 2.08. The maximum absolute atomic E-state index is 12.2. The van der Waals surface area contributed by atoms with Crippen LogP contribution in [0.25, 0.3) is 0 Å². The van der Waals surface area contributed by atoms with Crippen molar-refractivity contribution in [1.82, 2.24) is 0 Å². The van der Waals surface area contributed by atoms with Crippen LogP contribution in [0.15, 0.2) is 22.7 Å². The van der Waals surface area contributed by atoms with Gasteiger partial charge in [0.1, 0.15) is 5.60 Å². The summed E-state index contributed by atoms with van der Waals surface area (Å²) in [4.78, 5) is 12.2. The quantitative estimate of drug-likeness (QED) is 0.573. The first-order valence-corrected chi connectivity index (χ1v) is 8.93. The number of carbonyl (C=O) groups is 1. The van der Waals surface area contributed by atoms with E-state index >= 15 is 0 Å². The second-order valence-corrected chi connectivity index (χ2v) is 8.37. The van der Waals surface area contributed by atoms with E-state index in [2.05, 4.69) is 15.9 Å². The van der Waals surface area contributed by atoms with Gasteiger partial charge in [-0.1, -0.05) is 27.5 Å². The molecule has 0 fully saturated rings. The van der Waals surface area contributed by atoms with E-state index in [9.17, 15) is 13.2 Å². The fourth-order valence-corrected chi connectivity index (χ4v) is 2.91. The Bertz CT molecular complexity index is 616. The normalized spacial score (nSPS) is 13.8. The van der Waals surface area contributed by atoms with Gasteiger partial charge in [0.25, 0.3) is 10.1 Å². The van der Waals surface area contributed by atoms with Gasteiger partial charge in [-0.05, 0) is 44.5 Å². The van der Waals surface area contributed by atoms with Crippen LogP contribution in [0.4, 0.5) is 0 Å². The summed E-state index contributed by atoms with van der Waals surface area (Å²) in [6.07, 6.45) is -0.543. The lowest BCUT2D eigenvalue weighted by atomic mass is 10.1. The van der Waals surface area contributed by atoms with Crippen LogP contribution in [0.1, 0.15) is 32.4 Å². The van der Waals surface area contributed by atoms with Gasteiger partial charge in [-0.25, -0.2) is 4.79 Å². The molecule has 21 heavy (non-hydrogen) atoms. The second-order valence-electron chi connectivity index (χ2n) is 5.42. The van der Waals surface area contributed by atoms with E-state index in [0.29, 0.717) is 9.50 Å². The predicted octanol–water partition coefficient (Wildman–Crippen LogP) is 3.46. The summed E-state index contributed by atoms with van der Waals surface area (Å²) in [5.41, 5.74) is -0.486. The summed E-state index contributed by atoms with van der Waals surface area (Å²) in [5, 5.41) is 0.338. The fourth-order valence-electron chi connectivity index (χ4n) is 1.49. The Hall–Kier alpha value is -0.630. The topological polar surface area (TPSA) is 69.7 Å². The summed E-state index contributed by atoms with van der Waals surface area (Å²) in [5.74, 6) is -0.804. The van der Waals surface area contributed by atoms with Crippen molar-refractivity contribution in [2.45, 2.75) is 32.5 Å². The van der Waals surface area contributed by atoms with Gasteiger partial charge in [0, 0.05) is 9.50 Å². The van der Waals surface area contributed by atoms with Gasteiger partial charge in [0.2, 0.25) is 0 Å². The van der Waals surface area contributed by atoms with E-state index < -0.39 is 27.8 Å². The van der Waals surface area contributed by atoms with Crippen molar-refractivity contribution in [2.24, 2.45) is 0 Å². The maximum Gasteiger partial charge on any atom is 0.342 e. The molecule has 0 bridgehead atoms. The Kier molecular flexibility index (Phi) is 5.83. The number of ether oxygens (including phenoxy) is 1. The smallest absolute Gasteiger partial charge is 0.342 e. The molecule has 0 saturated carbocycles. The maximum atomic E-state index is 12.2. The third-order valence-corrected chi connectivity index (χ3v) is 3.30. The second kappa shape index (κ2) is 6.64. The molecule has 1 atom stereocenters. The van der Waals surface area contributed by atoms with Gasteiger partial charge in [0.15, 0.2) is 6.10 Å². The van der Waals surface area contributed by atoms with Gasteiger partial charge in [-0.15, -0.1) is 0 Å². The molecule has 0 spiro atoms. The molecule has 0 aliphatic heterocycles. The molecular formula is C13H16BrClO5S. The summed E-state index contributed by atoms with van der Waals surface area (Å²) in [7, 11) is -3.86. The monoisotopic (exact) mass is 398 g/mol. The Morgan fingerprint density at radius 3 is 2.29 bits per heavy atom. The van der Waals surface area contributed by atoms with Crippen LogP contribution in [0.3, 0.4) is 0 Å². The lowest BCUT2D eigenvalue weighted by Gasteiger charge is -2.23. The molecular weight excluding hydrogens is 384 g/mol. The average Bonchev–Trinajstić information content (AvgIpc) is 2.20. The summed E-state index contributed by atoms with van der Waals surface area (Å²) in [6.45, 7) is 5.03. The Balaban J connectivity index is 3.22. The zero-order chi connectivity index (χ0) is 16.4. The lowest BCUT2D eigenvalue weighted by molar-refractivity contribution is -0.163. The molecule has 0 saturated heterocycles. The number of carbonyl (C=O) groups excluding carboxylic acids is 1. The highest BCUT2D eigenvalue weighted by molar-refractivity contribution is 9.10. The Morgan fingerprint density at radius 1 is 1.29 bits per heavy atom. The highest BCUT2D eigenvalue weighted by atomic mass is 79.9. The van der Waals surface area contributed by atoms with E-state index in [4.69, 9.17) is 20.5 Å². The van der Waals surface area contributed by atoms with Crippen LogP contribution in [0, 0.1) is 0 Å². The molecule has 1 unspecified atom stereocenters. The molecule has 0 N–H and O–H groups in total. The largest absolute Gasteiger partial charge is 0.458 e. The highest BCUT2D eigenvalue weighted by Crippen LogP contribution is 2.29. The van der Waals surface area contributed by atoms with Gasteiger partial charge in [-0.3, -0.25) is 4.18 Å². The minimum absolute atomic E-state index is 0.286. The first kappa shape index (κ1) is 18.4. The number of hydrogen-bond donors (Lipinski definition) is 0. The van der Waals surface area contributed by atoms with E-state index in [-0.39, 0.29) is 5.56 Å². The van der Waals surface area contributed by atoms with Crippen LogP contribution in [-0.4, -0.2) is 26.2 Å². The molecule has 0 aliphatic rings. The highest BCUT2D eigenvalue weighted by Gasteiger charge is 2.31. The van der Waals surface area contributed by atoms with Gasteiger partial charge in [-0.2, -0.15) is 8.42 Å². The van der Waals surface area contributed by atoms with Crippen LogP contribution in [0.5, 0.6) is 0 Å². The van der Waals surface area contributed by atoms with Crippen LogP contribution < -0.4 is 0 Å². The first-order chi connectivity index (χ1) is 9.37. The van der Waals surface area contributed by atoms with Crippen molar-refractivity contribution in [2.75, 3.05) is 6.26 Å². The molecule has 0 aromatic heterocycles. The summed E-state index contributed by atoms with van der Waals surface area (Å²) < 4.78 is 33.4. The number of halogens is 2. The molecule has 0 aliphatic carbocycles. The Morgan fingerprint density at radius 2 is 1.86 bits per heavy atom. The molecule has 8 heteroatoms. The van der Waals surface area contributed by atoms with Crippen molar-refractivity contribution in [1.29, 1.82) is 0 Å². The number of benzene rings is 1. The number of hydrogen-bond acceptors (Lipinski definition) is 5. The molecule has 118 valence electrons. The van der Waals surface area contributed by atoms with Crippen molar-refractivity contribution < 1.29 is 22.1 Å². The van der Waals surface area contributed by atoms with Crippen molar-refractivity contribution in [3.8, 4) is 0 Å². The van der Waals surface area contributed by atoms with Crippen LogP contribution in [-0.2, 0) is 23.8 Å². The van der Waals surface area contributed by atoms with E-state index in [1.807, 2.05) is 0 Å². The van der Waals surface area contributed by atoms with Crippen LogP contribution >= 0.6 is 27.5 Å². The molecule has 1 rings (SSSR count).